The molecule has 1 atom stereocenters. The van der Waals surface area contributed by atoms with E-state index in [1.807, 2.05) is 17.2 Å². The van der Waals surface area contributed by atoms with Gasteiger partial charge in [0.25, 0.3) is 5.91 Å². The molecule has 1 amide bonds. The van der Waals surface area contributed by atoms with Gasteiger partial charge in [-0.1, -0.05) is 24.3 Å². The number of likely N-dealkylation sites (tertiary alicyclic amines) is 2. The number of hydrogen-bond donors (Lipinski definition) is 1. The number of H-pyrrole nitrogens is 1. The Labute approximate surface area is 156 Å². The van der Waals surface area contributed by atoms with Crippen molar-refractivity contribution in [1.29, 1.82) is 0 Å². The fourth-order valence-electron chi connectivity index (χ4n) is 4.25. The molecule has 1 aromatic carbocycles. The standard InChI is InChI=1S/C22H29N3O/c1-17(24-11-5-6-12-24)18-7-9-19(10-8-18)20-15-21(23-16-20)22(26)25-13-3-2-4-14-25/h7-10,15-17,23H,2-6,11-14H2,1H3/t17-/m0/s1. The van der Waals surface area contributed by atoms with E-state index in [1.165, 1.54) is 37.9 Å². The molecule has 2 aliphatic rings. The molecule has 0 saturated carbocycles. The fraction of sp³-hybridized carbons (Fsp3) is 0.500. The zero-order chi connectivity index (χ0) is 17.9. The van der Waals surface area contributed by atoms with Crippen LogP contribution in [0.15, 0.2) is 36.5 Å². The summed E-state index contributed by atoms with van der Waals surface area (Å²) in [6.07, 6.45) is 8.07. The Morgan fingerprint density at radius 1 is 0.923 bits per heavy atom. The monoisotopic (exact) mass is 351 g/mol. The molecule has 4 rings (SSSR count). The van der Waals surface area contributed by atoms with Crippen molar-refractivity contribution < 1.29 is 4.79 Å². The molecule has 2 saturated heterocycles. The summed E-state index contributed by atoms with van der Waals surface area (Å²) in [6.45, 7) is 6.49. The Bertz CT molecular complexity index is 737. The first-order valence-corrected chi connectivity index (χ1v) is 10.0. The third kappa shape index (κ3) is 3.56. The molecule has 1 N–H and O–H groups in total. The topological polar surface area (TPSA) is 39.3 Å². The van der Waals surface area contributed by atoms with Crippen molar-refractivity contribution in [3.8, 4) is 11.1 Å². The maximum atomic E-state index is 12.6. The number of amides is 1. The second kappa shape index (κ2) is 7.67. The molecule has 1 aromatic heterocycles. The van der Waals surface area contributed by atoms with E-state index >= 15 is 0 Å². The summed E-state index contributed by atoms with van der Waals surface area (Å²) in [6, 6.07) is 11.3. The lowest BCUT2D eigenvalue weighted by Crippen LogP contribution is -2.35. The highest BCUT2D eigenvalue weighted by Crippen LogP contribution is 2.27. The van der Waals surface area contributed by atoms with Crippen molar-refractivity contribution in [1.82, 2.24) is 14.8 Å². The summed E-state index contributed by atoms with van der Waals surface area (Å²) in [5.41, 5.74) is 4.33. The fourth-order valence-corrected chi connectivity index (χ4v) is 4.25. The van der Waals surface area contributed by atoms with E-state index in [0.29, 0.717) is 11.7 Å². The van der Waals surface area contributed by atoms with Crippen molar-refractivity contribution in [2.45, 2.75) is 45.1 Å². The van der Waals surface area contributed by atoms with Gasteiger partial charge in [-0.2, -0.15) is 0 Å². The molecule has 3 heterocycles. The number of aromatic amines is 1. The number of carbonyl (C=O) groups is 1. The largest absolute Gasteiger partial charge is 0.357 e. The second-order valence-corrected chi connectivity index (χ2v) is 7.70. The minimum Gasteiger partial charge on any atom is -0.357 e. The smallest absolute Gasteiger partial charge is 0.270 e. The van der Waals surface area contributed by atoms with Crippen LogP contribution in [-0.2, 0) is 0 Å². The van der Waals surface area contributed by atoms with Gasteiger partial charge in [0.2, 0.25) is 0 Å². The third-order valence-electron chi connectivity index (χ3n) is 5.97. The van der Waals surface area contributed by atoms with Gasteiger partial charge in [-0.05, 0) is 74.9 Å². The zero-order valence-electron chi connectivity index (χ0n) is 15.7. The van der Waals surface area contributed by atoms with Crippen LogP contribution in [0.3, 0.4) is 0 Å². The Kier molecular flexibility index (Phi) is 5.11. The summed E-state index contributed by atoms with van der Waals surface area (Å²) < 4.78 is 0. The van der Waals surface area contributed by atoms with Gasteiger partial charge in [-0.15, -0.1) is 0 Å². The summed E-state index contributed by atoms with van der Waals surface area (Å²) in [5, 5.41) is 0. The predicted octanol–water partition coefficient (Wildman–Crippen LogP) is 4.46. The van der Waals surface area contributed by atoms with Gasteiger partial charge in [-0.3, -0.25) is 9.69 Å². The van der Waals surface area contributed by atoms with Gasteiger partial charge in [0, 0.05) is 25.3 Å². The van der Waals surface area contributed by atoms with Crippen LogP contribution in [0.5, 0.6) is 0 Å². The maximum absolute atomic E-state index is 12.6. The molecule has 4 heteroatoms. The molecule has 0 aliphatic carbocycles. The van der Waals surface area contributed by atoms with Crippen LogP contribution in [0.25, 0.3) is 11.1 Å². The Morgan fingerprint density at radius 2 is 1.58 bits per heavy atom. The molecule has 2 aliphatic heterocycles. The molecule has 0 radical (unpaired) electrons. The summed E-state index contributed by atoms with van der Waals surface area (Å²) >= 11 is 0. The normalized spacial score (nSPS) is 19.7. The lowest BCUT2D eigenvalue weighted by atomic mass is 10.0. The Morgan fingerprint density at radius 3 is 2.27 bits per heavy atom. The van der Waals surface area contributed by atoms with Crippen LogP contribution in [0, 0.1) is 0 Å². The molecular weight excluding hydrogens is 322 g/mol. The highest BCUT2D eigenvalue weighted by Gasteiger charge is 2.21. The number of carbonyl (C=O) groups excluding carboxylic acids is 1. The van der Waals surface area contributed by atoms with E-state index in [-0.39, 0.29) is 5.91 Å². The number of rotatable bonds is 4. The van der Waals surface area contributed by atoms with Crippen molar-refractivity contribution in [3.05, 3.63) is 47.8 Å². The van der Waals surface area contributed by atoms with Crippen LogP contribution >= 0.6 is 0 Å². The molecule has 2 aromatic rings. The minimum atomic E-state index is 0.134. The van der Waals surface area contributed by atoms with Gasteiger partial charge in [0.05, 0.1) is 0 Å². The van der Waals surface area contributed by atoms with Crippen molar-refractivity contribution in [2.24, 2.45) is 0 Å². The molecule has 0 unspecified atom stereocenters. The summed E-state index contributed by atoms with van der Waals surface area (Å²) in [5.74, 6) is 0.134. The SMILES string of the molecule is C[C@@H](c1ccc(-c2c[nH]c(C(=O)N3CCCCC3)c2)cc1)N1CCCC1. The summed E-state index contributed by atoms with van der Waals surface area (Å²) in [4.78, 5) is 20.3. The number of benzene rings is 1. The van der Waals surface area contributed by atoms with Gasteiger partial charge >= 0.3 is 0 Å². The van der Waals surface area contributed by atoms with Crippen molar-refractivity contribution >= 4 is 5.91 Å². The lowest BCUT2D eigenvalue weighted by Gasteiger charge is -2.26. The van der Waals surface area contributed by atoms with Crippen LogP contribution in [0.2, 0.25) is 0 Å². The highest BCUT2D eigenvalue weighted by atomic mass is 16.2. The summed E-state index contributed by atoms with van der Waals surface area (Å²) in [7, 11) is 0. The third-order valence-corrected chi connectivity index (χ3v) is 5.97. The minimum absolute atomic E-state index is 0.134. The average Bonchev–Trinajstić information content (AvgIpc) is 3.40. The highest BCUT2D eigenvalue weighted by molar-refractivity contribution is 5.94. The molecular formula is C22H29N3O. The molecule has 138 valence electrons. The zero-order valence-corrected chi connectivity index (χ0v) is 15.7. The van der Waals surface area contributed by atoms with Crippen molar-refractivity contribution in [2.75, 3.05) is 26.2 Å². The second-order valence-electron chi connectivity index (χ2n) is 7.70. The number of piperidine rings is 1. The van der Waals surface area contributed by atoms with Gasteiger partial charge in [0.1, 0.15) is 5.69 Å². The van der Waals surface area contributed by atoms with E-state index in [2.05, 4.69) is 41.1 Å². The van der Waals surface area contributed by atoms with E-state index in [9.17, 15) is 4.79 Å². The molecule has 26 heavy (non-hydrogen) atoms. The van der Waals surface area contributed by atoms with E-state index in [0.717, 1.165) is 37.1 Å². The maximum Gasteiger partial charge on any atom is 0.270 e. The number of hydrogen-bond acceptors (Lipinski definition) is 2. The first-order chi connectivity index (χ1) is 12.7. The first kappa shape index (κ1) is 17.3. The van der Waals surface area contributed by atoms with E-state index in [4.69, 9.17) is 0 Å². The predicted molar refractivity (Wildman–Crippen MR) is 105 cm³/mol. The Balaban J connectivity index is 1.46. The molecule has 4 nitrogen and oxygen atoms in total. The van der Waals surface area contributed by atoms with E-state index < -0.39 is 0 Å². The van der Waals surface area contributed by atoms with E-state index in [1.54, 1.807) is 0 Å². The number of nitrogens with zero attached hydrogens (tertiary/aromatic N) is 2. The number of nitrogens with one attached hydrogen (secondary N) is 1. The van der Waals surface area contributed by atoms with Gasteiger partial charge in [-0.25, -0.2) is 0 Å². The van der Waals surface area contributed by atoms with Crippen LogP contribution in [0.1, 0.15) is 61.1 Å². The van der Waals surface area contributed by atoms with Crippen molar-refractivity contribution in [3.63, 3.8) is 0 Å². The van der Waals surface area contributed by atoms with Gasteiger partial charge < -0.3 is 9.88 Å². The first-order valence-electron chi connectivity index (χ1n) is 10.0. The van der Waals surface area contributed by atoms with Crippen LogP contribution < -0.4 is 0 Å². The number of aromatic nitrogens is 1. The molecule has 0 bridgehead atoms. The quantitative estimate of drug-likeness (QED) is 0.883. The molecule has 0 spiro atoms. The Hall–Kier alpha value is -2.07. The lowest BCUT2D eigenvalue weighted by molar-refractivity contribution is 0.0719. The average molecular weight is 351 g/mol. The van der Waals surface area contributed by atoms with Crippen LogP contribution in [-0.4, -0.2) is 46.9 Å². The van der Waals surface area contributed by atoms with Crippen LogP contribution in [0.4, 0.5) is 0 Å². The molecule has 2 fully saturated rings. The van der Waals surface area contributed by atoms with Gasteiger partial charge in [0.15, 0.2) is 0 Å².